The number of carbonyl (C=O) groups is 1. The predicted molar refractivity (Wildman–Crippen MR) is 63.3 cm³/mol. The molecule has 7 heteroatoms. The zero-order chi connectivity index (χ0) is 12.5. The smallest absolute Gasteiger partial charge is 0.232 e. The molecule has 98 valence electrons. The fraction of sp³-hybridized carbons (Fsp3) is 0.900. The van der Waals surface area contributed by atoms with Crippen LogP contribution in [-0.2, 0) is 18.6 Å². The van der Waals surface area contributed by atoms with Crippen LogP contribution in [0.2, 0.25) is 0 Å². The monoisotopic (exact) mass is 281 g/mol. The fourth-order valence-electron chi connectivity index (χ4n) is 2.55. The number of hydrogen-bond acceptors (Lipinski definition) is 4. The first kappa shape index (κ1) is 13.1. The third kappa shape index (κ3) is 3.56. The average molecular weight is 282 g/mol. The summed E-state index contributed by atoms with van der Waals surface area (Å²) in [5, 5.41) is 0. The van der Waals surface area contributed by atoms with Gasteiger partial charge in [0.2, 0.25) is 15.0 Å². The highest BCUT2D eigenvalue weighted by Gasteiger charge is 2.36. The Bertz CT molecular complexity index is 391. The van der Waals surface area contributed by atoms with Crippen molar-refractivity contribution < 1.29 is 17.9 Å². The van der Waals surface area contributed by atoms with Crippen molar-refractivity contribution in [2.24, 2.45) is 5.92 Å². The maximum Gasteiger partial charge on any atom is 0.232 e. The van der Waals surface area contributed by atoms with E-state index < -0.39 is 9.05 Å². The molecule has 0 aliphatic carbocycles. The lowest BCUT2D eigenvalue weighted by Gasteiger charge is -2.31. The quantitative estimate of drug-likeness (QED) is 0.710. The van der Waals surface area contributed by atoms with Gasteiger partial charge in [-0.3, -0.25) is 4.79 Å². The molecule has 0 N–H and O–H groups in total. The number of ether oxygens (including phenoxy) is 1. The van der Waals surface area contributed by atoms with Gasteiger partial charge in [-0.2, -0.15) is 0 Å². The summed E-state index contributed by atoms with van der Waals surface area (Å²) in [5.41, 5.74) is 0. The van der Waals surface area contributed by atoms with Gasteiger partial charge in [0.05, 0.1) is 5.75 Å². The first-order valence-electron chi connectivity index (χ1n) is 5.75. The van der Waals surface area contributed by atoms with Crippen molar-refractivity contribution in [2.75, 3.05) is 25.5 Å². The summed E-state index contributed by atoms with van der Waals surface area (Å²) in [4.78, 5) is 13.6. The second-order valence-corrected chi connectivity index (χ2v) is 7.49. The van der Waals surface area contributed by atoms with Crippen LogP contribution in [0.5, 0.6) is 0 Å². The summed E-state index contributed by atoms with van der Waals surface area (Å²) in [6, 6.07) is 0.208. The number of rotatable bonds is 3. The molecule has 2 saturated heterocycles. The van der Waals surface area contributed by atoms with E-state index in [4.69, 9.17) is 15.4 Å². The zero-order valence-electron chi connectivity index (χ0n) is 9.47. The molecule has 2 fully saturated rings. The van der Waals surface area contributed by atoms with E-state index in [9.17, 15) is 13.2 Å². The van der Waals surface area contributed by atoms with Gasteiger partial charge in [-0.1, -0.05) is 0 Å². The van der Waals surface area contributed by atoms with E-state index in [0.29, 0.717) is 26.2 Å². The molecular formula is C10H16ClNO4S. The maximum absolute atomic E-state index is 11.8. The van der Waals surface area contributed by atoms with Crippen molar-refractivity contribution in [3.05, 3.63) is 0 Å². The number of nitrogens with zero attached hydrogens (tertiary/aromatic N) is 1. The molecule has 0 saturated carbocycles. The van der Waals surface area contributed by atoms with Crippen LogP contribution >= 0.6 is 10.7 Å². The van der Waals surface area contributed by atoms with Crippen molar-refractivity contribution in [2.45, 2.75) is 25.3 Å². The van der Waals surface area contributed by atoms with E-state index >= 15 is 0 Å². The van der Waals surface area contributed by atoms with Gasteiger partial charge in [0.1, 0.15) is 0 Å². The van der Waals surface area contributed by atoms with Crippen LogP contribution < -0.4 is 0 Å². The van der Waals surface area contributed by atoms with E-state index in [1.807, 2.05) is 0 Å². The molecule has 1 amide bonds. The Kier molecular flexibility index (Phi) is 3.95. The van der Waals surface area contributed by atoms with E-state index in [1.54, 1.807) is 4.90 Å². The highest BCUT2D eigenvalue weighted by atomic mass is 35.7. The molecule has 0 aromatic heterocycles. The molecule has 0 spiro atoms. The van der Waals surface area contributed by atoms with Crippen LogP contribution in [-0.4, -0.2) is 50.8 Å². The first-order chi connectivity index (χ1) is 7.96. The Morgan fingerprint density at radius 3 is 2.59 bits per heavy atom. The lowest BCUT2D eigenvalue weighted by Crippen LogP contribution is -2.40. The van der Waals surface area contributed by atoms with Crippen molar-refractivity contribution in [1.29, 1.82) is 0 Å². The molecular weight excluding hydrogens is 266 g/mol. The Hall–Kier alpha value is -0.330. The lowest BCUT2D eigenvalue weighted by atomic mass is 10.1. The van der Waals surface area contributed by atoms with E-state index in [0.717, 1.165) is 12.8 Å². The van der Waals surface area contributed by atoms with Gasteiger partial charge in [-0.25, -0.2) is 8.42 Å². The first-order valence-corrected chi connectivity index (χ1v) is 8.23. The van der Waals surface area contributed by atoms with Crippen molar-refractivity contribution in [3.8, 4) is 0 Å². The Balaban J connectivity index is 1.95. The van der Waals surface area contributed by atoms with Crippen molar-refractivity contribution in [1.82, 2.24) is 4.90 Å². The number of halogens is 1. The van der Waals surface area contributed by atoms with Gasteiger partial charge in [0.15, 0.2) is 0 Å². The average Bonchev–Trinajstić information content (AvgIpc) is 2.58. The maximum atomic E-state index is 11.8. The Labute approximate surface area is 105 Å². The van der Waals surface area contributed by atoms with Gasteiger partial charge in [-0.15, -0.1) is 0 Å². The molecule has 0 aromatic rings. The second-order valence-electron chi connectivity index (χ2n) is 4.67. The zero-order valence-corrected chi connectivity index (χ0v) is 11.0. The predicted octanol–water partition coefficient (Wildman–Crippen LogP) is 0.583. The third-order valence-electron chi connectivity index (χ3n) is 3.30. The molecule has 2 rings (SSSR count). The van der Waals surface area contributed by atoms with Crippen LogP contribution in [0.25, 0.3) is 0 Å². The molecule has 2 heterocycles. The van der Waals surface area contributed by atoms with E-state index in [-0.39, 0.29) is 23.6 Å². The third-order valence-corrected chi connectivity index (χ3v) is 4.55. The Morgan fingerprint density at radius 2 is 2.00 bits per heavy atom. The molecule has 1 atom stereocenters. The van der Waals surface area contributed by atoms with E-state index in [1.165, 1.54) is 0 Å². The second kappa shape index (κ2) is 5.12. The normalized spacial score (nSPS) is 27.7. The highest BCUT2D eigenvalue weighted by molar-refractivity contribution is 8.13. The number of amides is 1. The van der Waals surface area contributed by atoms with Crippen LogP contribution in [0.1, 0.15) is 19.3 Å². The van der Waals surface area contributed by atoms with Crippen LogP contribution in [0, 0.1) is 5.92 Å². The summed E-state index contributed by atoms with van der Waals surface area (Å²) in [6.45, 7) is 1.86. The summed E-state index contributed by atoms with van der Waals surface area (Å²) >= 11 is 0. The minimum absolute atomic E-state index is 0.0437. The number of carbonyl (C=O) groups excluding carboxylic acids is 1. The van der Waals surface area contributed by atoms with Crippen molar-refractivity contribution in [3.63, 3.8) is 0 Å². The molecule has 0 aromatic carbocycles. The van der Waals surface area contributed by atoms with Gasteiger partial charge >= 0.3 is 0 Å². The minimum Gasteiger partial charge on any atom is -0.381 e. The molecule has 5 nitrogen and oxygen atoms in total. The van der Waals surface area contributed by atoms with Gasteiger partial charge in [0.25, 0.3) is 0 Å². The van der Waals surface area contributed by atoms with Gasteiger partial charge < -0.3 is 9.64 Å². The van der Waals surface area contributed by atoms with Crippen LogP contribution in [0.3, 0.4) is 0 Å². The largest absolute Gasteiger partial charge is 0.381 e. The number of hydrogen-bond donors (Lipinski definition) is 0. The van der Waals surface area contributed by atoms with Crippen LogP contribution in [0.15, 0.2) is 0 Å². The summed E-state index contributed by atoms with van der Waals surface area (Å²) < 4.78 is 27.2. The van der Waals surface area contributed by atoms with Crippen LogP contribution in [0.4, 0.5) is 0 Å². The highest BCUT2D eigenvalue weighted by Crippen LogP contribution is 2.26. The fourth-order valence-corrected chi connectivity index (χ4v) is 3.87. The Morgan fingerprint density at radius 1 is 1.35 bits per heavy atom. The summed E-state index contributed by atoms with van der Waals surface area (Å²) in [6.07, 6.45) is 1.97. The van der Waals surface area contributed by atoms with Gasteiger partial charge in [-0.05, 0) is 12.8 Å². The number of likely N-dealkylation sites (tertiary alicyclic amines) is 1. The van der Waals surface area contributed by atoms with E-state index in [2.05, 4.69) is 0 Å². The topological polar surface area (TPSA) is 63.7 Å². The molecule has 2 aliphatic rings. The summed E-state index contributed by atoms with van der Waals surface area (Å²) in [5.74, 6) is -0.227. The molecule has 1 unspecified atom stereocenters. The minimum atomic E-state index is -3.52. The molecule has 2 aliphatic heterocycles. The standard InChI is InChI=1S/C10H16ClNO4S/c11-17(14,15)7-8-5-10(13)12(6-8)9-1-3-16-4-2-9/h8-9H,1-7H2. The van der Waals surface area contributed by atoms with Crippen molar-refractivity contribution >= 4 is 25.6 Å². The van der Waals surface area contributed by atoms with Gasteiger partial charge in [0, 0.05) is 48.8 Å². The lowest BCUT2D eigenvalue weighted by molar-refractivity contribution is -0.131. The summed E-state index contributed by atoms with van der Waals surface area (Å²) in [7, 11) is 1.70. The SMILES string of the molecule is O=C1CC(CS(=O)(=O)Cl)CN1C1CCOCC1. The molecule has 0 radical (unpaired) electrons. The molecule has 17 heavy (non-hydrogen) atoms. The molecule has 0 bridgehead atoms.